The Bertz CT molecular complexity index is 845. The molecule has 140 valence electrons. The number of carbonyl (C=O) groups excluding carboxylic acids is 1. The summed E-state index contributed by atoms with van der Waals surface area (Å²) in [6.07, 6.45) is 1.12. The van der Waals surface area contributed by atoms with Gasteiger partial charge in [0, 0.05) is 18.7 Å². The largest absolute Gasteiger partial charge is 0.339 e. The van der Waals surface area contributed by atoms with E-state index in [1.165, 1.54) is 16.4 Å². The second-order valence-electron chi connectivity index (χ2n) is 5.92. The fourth-order valence-electron chi connectivity index (χ4n) is 2.62. The van der Waals surface area contributed by atoms with Crippen LogP contribution in [-0.4, -0.2) is 38.6 Å². The molecular formula is C19H23FN2O3S. The van der Waals surface area contributed by atoms with Gasteiger partial charge in [0.2, 0.25) is 10.0 Å². The summed E-state index contributed by atoms with van der Waals surface area (Å²) in [5.41, 5.74) is 1.63. The van der Waals surface area contributed by atoms with Crippen molar-refractivity contribution in [2.24, 2.45) is 0 Å². The zero-order valence-electron chi connectivity index (χ0n) is 15.1. The molecule has 5 nitrogen and oxygen atoms in total. The third kappa shape index (κ3) is 4.82. The zero-order chi connectivity index (χ0) is 19.3. The fourth-order valence-corrected chi connectivity index (χ4v) is 3.51. The normalized spacial score (nSPS) is 11.2. The molecule has 0 aliphatic carbocycles. The van der Waals surface area contributed by atoms with Gasteiger partial charge >= 0.3 is 0 Å². The smallest absolute Gasteiger partial charge is 0.253 e. The van der Waals surface area contributed by atoms with E-state index in [1.54, 1.807) is 41.3 Å². The van der Waals surface area contributed by atoms with E-state index >= 15 is 0 Å². The van der Waals surface area contributed by atoms with Gasteiger partial charge in [0.25, 0.3) is 5.91 Å². The van der Waals surface area contributed by atoms with Crippen LogP contribution in [0.4, 0.5) is 10.1 Å². The van der Waals surface area contributed by atoms with E-state index < -0.39 is 10.0 Å². The van der Waals surface area contributed by atoms with E-state index in [0.717, 1.165) is 6.26 Å². The molecule has 0 unspecified atom stereocenters. The fraction of sp³-hybridized carbons (Fsp3) is 0.316. The molecule has 0 saturated carbocycles. The minimum atomic E-state index is -3.54. The van der Waals surface area contributed by atoms with Gasteiger partial charge in [0.15, 0.2) is 0 Å². The van der Waals surface area contributed by atoms with Gasteiger partial charge in [-0.1, -0.05) is 12.1 Å². The summed E-state index contributed by atoms with van der Waals surface area (Å²) in [5.74, 6) is -0.468. The lowest BCUT2D eigenvalue weighted by Gasteiger charge is -2.23. The van der Waals surface area contributed by atoms with Gasteiger partial charge in [-0.2, -0.15) is 0 Å². The number of halogens is 1. The van der Waals surface area contributed by atoms with Crippen molar-refractivity contribution in [3.05, 3.63) is 65.5 Å². The molecule has 7 heteroatoms. The van der Waals surface area contributed by atoms with Crippen LogP contribution in [0.3, 0.4) is 0 Å². The minimum Gasteiger partial charge on any atom is -0.339 e. The molecule has 0 bridgehead atoms. The number of amides is 1. The SMILES string of the molecule is CCN(CC)C(=O)c1ccc(N(Cc2ccc(F)cc2)S(C)(=O)=O)cc1. The summed E-state index contributed by atoms with van der Waals surface area (Å²) in [4.78, 5) is 14.1. The van der Waals surface area contributed by atoms with Gasteiger partial charge in [-0.05, 0) is 55.8 Å². The second-order valence-corrected chi connectivity index (χ2v) is 7.83. The highest BCUT2D eigenvalue weighted by Crippen LogP contribution is 2.22. The zero-order valence-corrected chi connectivity index (χ0v) is 16.0. The maximum absolute atomic E-state index is 13.1. The number of sulfonamides is 1. The minimum absolute atomic E-state index is 0.0858. The van der Waals surface area contributed by atoms with Crippen molar-refractivity contribution in [1.82, 2.24) is 4.90 Å². The van der Waals surface area contributed by atoms with Crippen LogP contribution in [0.25, 0.3) is 0 Å². The van der Waals surface area contributed by atoms with Gasteiger partial charge in [-0.15, -0.1) is 0 Å². The van der Waals surface area contributed by atoms with E-state index in [-0.39, 0.29) is 18.3 Å². The van der Waals surface area contributed by atoms with Gasteiger partial charge in [0.05, 0.1) is 18.5 Å². The third-order valence-corrected chi connectivity index (χ3v) is 5.23. The number of rotatable bonds is 7. The molecule has 0 fully saturated rings. The molecule has 0 aliphatic heterocycles. The Balaban J connectivity index is 2.29. The van der Waals surface area contributed by atoms with Crippen LogP contribution in [0.5, 0.6) is 0 Å². The van der Waals surface area contributed by atoms with Crippen LogP contribution in [0.1, 0.15) is 29.8 Å². The van der Waals surface area contributed by atoms with E-state index in [9.17, 15) is 17.6 Å². The number of hydrogen-bond acceptors (Lipinski definition) is 3. The standard InChI is InChI=1S/C19H23FN2O3S/c1-4-21(5-2)19(23)16-8-12-18(13-9-16)22(26(3,24)25)14-15-6-10-17(20)11-7-15/h6-13H,4-5,14H2,1-3H3. The lowest BCUT2D eigenvalue weighted by molar-refractivity contribution is 0.0773. The summed E-state index contributed by atoms with van der Waals surface area (Å²) in [7, 11) is -3.54. The van der Waals surface area contributed by atoms with Gasteiger partial charge in [0.1, 0.15) is 5.82 Å². The molecule has 26 heavy (non-hydrogen) atoms. The Labute approximate surface area is 154 Å². The highest BCUT2D eigenvalue weighted by Gasteiger charge is 2.19. The average Bonchev–Trinajstić information content (AvgIpc) is 2.61. The number of carbonyl (C=O) groups is 1. The molecule has 0 atom stereocenters. The second kappa shape index (κ2) is 8.31. The van der Waals surface area contributed by atoms with Crippen LogP contribution >= 0.6 is 0 Å². The lowest BCUT2D eigenvalue weighted by Crippen LogP contribution is -2.31. The Morgan fingerprint density at radius 1 is 0.962 bits per heavy atom. The number of anilines is 1. The van der Waals surface area contributed by atoms with Crippen molar-refractivity contribution < 1.29 is 17.6 Å². The molecule has 0 aliphatic rings. The highest BCUT2D eigenvalue weighted by atomic mass is 32.2. The first-order valence-electron chi connectivity index (χ1n) is 8.37. The number of nitrogens with zero attached hydrogens (tertiary/aromatic N) is 2. The van der Waals surface area contributed by atoms with Gasteiger partial charge in [-0.3, -0.25) is 9.10 Å². The molecule has 2 rings (SSSR count). The molecule has 0 aromatic heterocycles. The van der Waals surface area contributed by atoms with Crippen molar-refractivity contribution >= 4 is 21.6 Å². The van der Waals surface area contributed by atoms with Crippen molar-refractivity contribution in [3.8, 4) is 0 Å². The van der Waals surface area contributed by atoms with Crippen LogP contribution in [0.15, 0.2) is 48.5 Å². The molecule has 2 aromatic carbocycles. The highest BCUT2D eigenvalue weighted by molar-refractivity contribution is 7.92. The molecule has 2 aromatic rings. The van der Waals surface area contributed by atoms with Crippen molar-refractivity contribution in [2.45, 2.75) is 20.4 Å². The Morgan fingerprint density at radius 3 is 1.96 bits per heavy atom. The maximum atomic E-state index is 13.1. The molecule has 0 radical (unpaired) electrons. The number of benzene rings is 2. The van der Waals surface area contributed by atoms with Gasteiger partial charge < -0.3 is 4.90 Å². The Kier molecular flexibility index (Phi) is 6.37. The monoisotopic (exact) mass is 378 g/mol. The van der Waals surface area contributed by atoms with Gasteiger partial charge in [-0.25, -0.2) is 12.8 Å². The summed E-state index contributed by atoms with van der Waals surface area (Å²) in [6, 6.07) is 12.2. The molecule has 1 amide bonds. The first kappa shape index (κ1) is 19.9. The summed E-state index contributed by atoms with van der Waals surface area (Å²) < 4.78 is 38.7. The molecule has 0 saturated heterocycles. The van der Waals surface area contributed by atoms with Crippen LogP contribution < -0.4 is 4.31 Å². The lowest BCUT2D eigenvalue weighted by atomic mass is 10.1. The maximum Gasteiger partial charge on any atom is 0.253 e. The average molecular weight is 378 g/mol. The van der Waals surface area contributed by atoms with Crippen molar-refractivity contribution in [1.29, 1.82) is 0 Å². The first-order chi connectivity index (χ1) is 12.3. The van der Waals surface area contributed by atoms with Crippen molar-refractivity contribution in [3.63, 3.8) is 0 Å². The molecular weight excluding hydrogens is 355 g/mol. The van der Waals surface area contributed by atoms with E-state index in [0.29, 0.717) is 29.9 Å². The van der Waals surface area contributed by atoms with Crippen molar-refractivity contribution in [2.75, 3.05) is 23.7 Å². The quantitative estimate of drug-likeness (QED) is 0.743. The Morgan fingerprint density at radius 2 is 1.50 bits per heavy atom. The predicted molar refractivity (Wildman–Crippen MR) is 101 cm³/mol. The first-order valence-corrected chi connectivity index (χ1v) is 10.2. The number of hydrogen-bond donors (Lipinski definition) is 0. The molecule has 0 spiro atoms. The predicted octanol–water partition coefficient (Wildman–Crippen LogP) is 3.27. The van der Waals surface area contributed by atoms with Crippen LogP contribution in [0.2, 0.25) is 0 Å². The van der Waals surface area contributed by atoms with E-state index in [1.807, 2.05) is 13.8 Å². The summed E-state index contributed by atoms with van der Waals surface area (Å²) >= 11 is 0. The summed E-state index contributed by atoms with van der Waals surface area (Å²) in [6.45, 7) is 5.12. The van der Waals surface area contributed by atoms with E-state index in [4.69, 9.17) is 0 Å². The molecule has 0 heterocycles. The Hall–Kier alpha value is -2.41. The summed E-state index contributed by atoms with van der Waals surface area (Å²) in [5, 5.41) is 0. The van der Waals surface area contributed by atoms with E-state index in [2.05, 4.69) is 0 Å². The third-order valence-electron chi connectivity index (χ3n) is 4.09. The van der Waals surface area contributed by atoms with Crippen LogP contribution in [-0.2, 0) is 16.6 Å². The topological polar surface area (TPSA) is 57.7 Å². The molecule has 0 N–H and O–H groups in total. The van der Waals surface area contributed by atoms with Crippen LogP contribution in [0, 0.1) is 5.82 Å².